The van der Waals surface area contributed by atoms with Crippen molar-refractivity contribution in [2.75, 3.05) is 18.6 Å². The fourth-order valence-corrected chi connectivity index (χ4v) is 4.04. The topological polar surface area (TPSA) is 93.1 Å². The standard InChI is InChI=1S/C28H25NO6/c1-4-35-28(33)20-9-13-21(14-10-20)29-24(18-7-5-17(2)6-8-18)23(26(31)27(29)32)25(30)19-11-15-22(34-3)16-12-19/h5-16,24,30H,4H2,1-3H3. The Morgan fingerprint density at radius 3 is 2.09 bits per heavy atom. The number of hydrogen-bond acceptors (Lipinski definition) is 6. The number of benzene rings is 3. The minimum absolute atomic E-state index is 0.0153. The quantitative estimate of drug-likeness (QED) is 0.240. The van der Waals surface area contributed by atoms with Crippen LogP contribution in [0.4, 0.5) is 5.69 Å². The molecule has 1 aliphatic heterocycles. The van der Waals surface area contributed by atoms with Gasteiger partial charge in [-0.1, -0.05) is 29.8 Å². The lowest BCUT2D eigenvalue weighted by Gasteiger charge is -2.25. The van der Waals surface area contributed by atoms with Crippen molar-refractivity contribution in [2.45, 2.75) is 19.9 Å². The van der Waals surface area contributed by atoms with Crippen LogP contribution >= 0.6 is 0 Å². The molecule has 0 radical (unpaired) electrons. The van der Waals surface area contributed by atoms with Crippen molar-refractivity contribution < 1.29 is 29.0 Å². The Hall–Kier alpha value is -4.39. The Morgan fingerprint density at radius 2 is 1.51 bits per heavy atom. The van der Waals surface area contributed by atoms with Crippen LogP contribution in [0.3, 0.4) is 0 Å². The Bertz CT molecular complexity index is 1290. The molecule has 1 aliphatic rings. The number of ether oxygens (including phenoxy) is 2. The molecule has 7 nitrogen and oxygen atoms in total. The van der Waals surface area contributed by atoms with Gasteiger partial charge in [-0.25, -0.2) is 4.79 Å². The molecular weight excluding hydrogens is 446 g/mol. The van der Waals surface area contributed by atoms with Gasteiger partial charge < -0.3 is 14.6 Å². The molecule has 0 spiro atoms. The highest BCUT2D eigenvalue weighted by atomic mass is 16.5. The molecule has 35 heavy (non-hydrogen) atoms. The van der Waals surface area contributed by atoms with E-state index in [0.29, 0.717) is 28.1 Å². The summed E-state index contributed by atoms with van der Waals surface area (Å²) in [7, 11) is 1.53. The lowest BCUT2D eigenvalue weighted by molar-refractivity contribution is -0.132. The molecule has 1 saturated heterocycles. The third kappa shape index (κ3) is 4.53. The number of aliphatic hydroxyl groups is 1. The van der Waals surface area contributed by atoms with Gasteiger partial charge in [-0.15, -0.1) is 0 Å². The number of carbonyl (C=O) groups is 3. The Morgan fingerprint density at radius 1 is 0.914 bits per heavy atom. The van der Waals surface area contributed by atoms with Crippen molar-refractivity contribution in [2.24, 2.45) is 0 Å². The average molecular weight is 472 g/mol. The molecule has 3 aromatic rings. The van der Waals surface area contributed by atoms with Crippen LogP contribution in [0.25, 0.3) is 5.76 Å². The van der Waals surface area contributed by atoms with Crippen LogP contribution in [0.15, 0.2) is 78.4 Å². The SMILES string of the molecule is CCOC(=O)c1ccc(N2C(=O)C(=O)C(=C(O)c3ccc(OC)cc3)C2c2ccc(C)cc2)cc1. The average Bonchev–Trinajstić information content (AvgIpc) is 3.14. The first-order valence-corrected chi connectivity index (χ1v) is 11.1. The molecular formula is C28H25NO6. The number of carbonyl (C=O) groups excluding carboxylic acids is 3. The molecule has 0 aliphatic carbocycles. The third-order valence-corrected chi connectivity index (χ3v) is 5.86. The molecule has 178 valence electrons. The lowest BCUT2D eigenvalue weighted by atomic mass is 9.94. The zero-order chi connectivity index (χ0) is 25.1. The maximum atomic E-state index is 13.2. The summed E-state index contributed by atoms with van der Waals surface area (Å²) in [6, 6.07) is 19.4. The first kappa shape index (κ1) is 23.8. The van der Waals surface area contributed by atoms with Gasteiger partial charge in [0.2, 0.25) is 0 Å². The monoisotopic (exact) mass is 471 g/mol. The number of esters is 1. The summed E-state index contributed by atoms with van der Waals surface area (Å²) >= 11 is 0. The van der Waals surface area contributed by atoms with Crippen LogP contribution in [0.2, 0.25) is 0 Å². The summed E-state index contributed by atoms with van der Waals surface area (Å²) in [5.41, 5.74) is 2.80. The minimum Gasteiger partial charge on any atom is -0.507 e. The van der Waals surface area contributed by atoms with E-state index in [1.807, 2.05) is 31.2 Å². The number of aryl methyl sites for hydroxylation is 1. The van der Waals surface area contributed by atoms with E-state index in [0.717, 1.165) is 5.56 Å². The van der Waals surface area contributed by atoms with E-state index in [-0.39, 0.29) is 17.9 Å². The Kier molecular flexibility index (Phi) is 6.68. The third-order valence-electron chi connectivity index (χ3n) is 5.86. The number of rotatable bonds is 6. The highest BCUT2D eigenvalue weighted by molar-refractivity contribution is 6.51. The number of anilines is 1. The highest BCUT2D eigenvalue weighted by Gasteiger charge is 2.47. The van der Waals surface area contributed by atoms with E-state index in [9.17, 15) is 19.5 Å². The number of hydrogen-bond donors (Lipinski definition) is 1. The molecule has 1 N–H and O–H groups in total. The summed E-state index contributed by atoms with van der Waals surface area (Å²) < 4.78 is 10.2. The number of amides is 1. The van der Waals surface area contributed by atoms with Gasteiger partial charge in [0, 0.05) is 11.3 Å². The van der Waals surface area contributed by atoms with Crippen LogP contribution < -0.4 is 9.64 Å². The van der Waals surface area contributed by atoms with Gasteiger partial charge in [-0.3, -0.25) is 14.5 Å². The second-order valence-electron chi connectivity index (χ2n) is 8.08. The predicted octanol–water partition coefficient (Wildman–Crippen LogP) is 4.81. The summed E-state index contributed by atoms with van der Waals surface area (Å²) in [4.78, 5) is 39.9. The molecule has 0 aromatic heterocycles. The van der Waals surface area contributed by atoms with Gasteiger partial charge in [0.25, 0.3) is 11.7 Å². The fourth-order valence-electron chi connectivity index (χ4n) is 4.04. The smallest absolute Gasteiger partial charge is 0.338 e. The summed E-state index contributed by atoms with van der Waals surface area (Å²) in [6.45, 7) is 3.90. The van der Waals surface area contributed by atoms with E-state index < -0.39 is 23.7 Å². The maximum absolute atomic E-state index is 13.2. The van der Waals surface area contributed by atoms with E-state index in [4.69, 9.17) is 9.47 Å². The molecule has 1 heterocycles. The molecule has 0 saturated carbocycles. The fraction of sp³-hybridized carbons (Fsp3) is 0.179. The van der Waals surface area contributed by atoms with Crippen LogP contribution in [0.1, 0.15) is 40.0 Å². The number of nitrogens with zero attached hydrogens (tertiary/aromatic N) is 1. The Labute approximate surface area is 203 Å². The van der Waals surface area contributed by atoms with Crippen LogP contribution in [0, 0.1) is 6.92 Å². The van der Waals surface area contributed by atoms with Gasteiger partial charge >= 0.3 is 5.97 Å². The first-order chi connectivity index (χ1) is 16.8. The molecule has 4 rings (SSSR count). The van der Waals surface area contributed by atoms with Gasteiger partial charge in [-0.2, -0.15) is 0 Å². The van der Waals surface area contributed by atoms with Crippen molar-refractivity contribution in [3.63, 3.8) is 0 Å². The van der Waals surface area contributed by atoms with E-state index in [1.54, 1.807) is 55.5 Å². The Balaban J connectivity index is 1.84. The van der Waals surface area contributed by atoms with Gasteiger partial charge in [0.05, 0.1) is 30.9 Å². The van der Waals surface area contributed by atoms with Gasteiger partial charge in [0.1, 0.15) is 11.5 Å². The number of aliphatic hydroxyl groups excluding tert-OH is 1. The molecule has 1 atom stereocenters. The maximum Gasteiger partial charge on any atom is 0.338 e. The van der Waals surface area contributed by atoms with E-state index >= 15 is 0 Å². The zero-order valence-corrected chi connectivity index (χ0v) is 19.6. The highest BCUT2D eigenvalue weighted by Crippen LogP contribution is 2.42. The normalized spacial score (nSPS) is 16.9. The predicted molar refractivity (Wildman–Crippen MR) is 131 cm³/mol. The zero-order valence-electron chi connectivity index (χ0n) is 19.6. The van der Waals surface area contributed by atoms with Crippen molar-refractivity contribution >= 4 is 29.1 Å². The van der Waals surface area contributed by atoms with Crippen LogP contribution in [0.5, 0.6) is 5.75 Å². The summed E-state index contributed by atoms with van der Waals surface area (Å²) in [5.74, 6) is -1.72. The summed E-state index contributed by atoms with van der Waals surface area (Å²) in [6.07, 6.45) is 0. The number of ketones is 1. The van der Waals surface area contributed by atoms with Crippen molar-refractivity contribution in [1.82, 2.24) is 0 Å². The second kappa shape index (κ2) is 9.85. The van der Waals surface area contributed by atoms with Crippen LogP contribution in [-0.2, 0) is 14.3 Å². The minimum atomic E-state index is -0.855. The molecule has 0 bridgehead atoms. The van der Waals surface area contributed by atoms with E-state index in [1.165, 1.54) is 12.0 Å². The second-order valence-corrected chi connectivity index (χ2v) is 8.08. The van der Waals surface area contributed by atoms with Crippen molar-refractivity contribution in [3.05, 3.63) is 101 Å². The van der Waals surface area contributed by atoms with Crippen molar-refractivity contribution in [3.8, 4) is 5.75 Å². The number of methoxy groups -OCH3 is 1. The molecule has 3 aromatic carbocycles. The molecule has 1 fully saturated rings. The number of Topliss-reactive ketones (excluding diaryl/α,β-unsaturated/α-hetero) is 1. The van der Waals surface area contributed by atoms with Crippen molar-refractivity contribution in [1.29, 1.82) is 0 Å². The largest absolute Gasteiger partial charge is 0.507 e. The van der Waals surface area contributed by atoms with Gasteiger partial charge in [-0.05, 0) is 67.9 Å². The summed E-state index contributed by atoms with van der Waals surface area (Å²) in [5, 5.41) is 11.2. The molecule has 7 heteroatoms. The van der Waals surface area contributed by atoms with E-state index in [2.05, 4.69) is 0 Å². The van der Waals surface area contributed by atoms with Crippen LogP contribution in [-0.4, -0.2) is 36.5 Å². The van der Waals surface area contributed by atoms with Gasteiger partial charge in [0.15, 0.2) is 0 Å². The first-order valence-electron chi connectivity index (χ1n) is 11.1. The lowest BCUT2D eigenvalue weighted by Crippen LogP contribution is -2.29. The molecule has 1 amide bonds. The molecule has 1 unspecified atom stereocenters.